The lowest BCUT2D eigenvalue weighted by atomic mass is 9.80. The third-order valence-electron chi connectivity index (χ3n) is 6.58. The molecule has 1 aliphatic heterocycles. The summed E-state index contributed by atoms with van der Waals surface area (Å²) in [5, 5.41) is 7.25. The Morgan fingerprint density at radius 2 is 1.81 bits per heavy atom. The van der Waals surface area contributed by atoms with Crippen LogP contribution in [0.4, 0.5) is 0 Å². The van der Waals surface area contributed by atoms with Gasteiger partial charge in [0.1, 0.15) is 0 Å². The van der Waals surface area contributed by atoms with Gasteiger partial charge in [-0.3, -0.25) is 9.89 Å². The molecule has 6 nitrogen and oxygen atoms in total. The van der Waals surface area contributed by atoms with Gasteiger partial charge in [0.2, 0.25) is 0 Å². The van der Waals surface area contributed by atoms with E-state index in [2.05, 4.69) is 39.5 Å². The minimum absolute atomic E-state index is 0. The van der Waals surface area contributed by atoms with Gasteiger partial charge in [-0.25, -0.2) is 0 Å². The molecule has 3 rings (SSSR count). The van der Waals surface area contributed by atoms with Gasteiger partial charge in [-0.15, -0.1) is 24.0 Å². The topological polar surface area (TPSA) is 52.1 Å². The lowest BCUT2D eigenvalue weighted by Crippen LogP contribution is -2.60. The molecule has 27 heavy (non-hydrogen) atoms. The highest BCUT2D eigenvalue weighted by Crippen LogP contribution is 2.35. The number of aliphatic imine (C=N–C) groups is 1. The maximum absolute atomic E-state index is 5.60. The van der Waals surface area contributed by atoms with Crippen LogP contribution in [-0.4, -0.2) is 87.9 Å². The fourth-order valence-corrected chi connectivity index (χ4v) is 4.77. The van der Waals surface area contributed by atoms with E-state index in [0.717, 1.165) is 51.3 Å². The summed E-state index contributed by atoms with van der Waals surface area (Å²) < 4.78 is 5.60. The summed E-state index contributed by atoms with van der Waals surface area (Å²) >= 11 is 0. The number of nitrogens with one attached hydrogen (secondary N) is 2. The van der Waals surface area contributed by atoms with Gasteiger partial charge in [0.05, 0.1) is 13.2 Å². The Morgan fingerprint density at radius 1 is 1.15 bits per heavy atom. The first-order chi connectivity index (χ1) is 12.6. The first kappa shape index (κ1) is 23.2. The van der Waals surface area contributed by atoms with E-state index in [0.29, 0.717) is 6.04 Å². The van der Waals surface area contributed by atoms with Gasteiger partial charge in [0.15, 0.2) is 5.96 Å². The number of likely N-dealkylation sites (N-methyl/N-ethyl adjacent to an activating group) is 1. The van der Waals surface area contributed by atoms with Crippen molar-refractivity contribution in [3.8, 4) is 0 Å². The first-order valence-electron chi connectivity index (χ1n) is 10.6. The molecule has 1 atom stereocenters. The monoisotopic (exact) mass is 493 g/mol. The molecule has 0 bridgehead atoms. The Labute approximate surface area is 182 Å². The Balaban J connectivity index is 0.00000261. The zero-order chi connectivity index (χ0) is 18.4. The maximum atomic E-state index is 5.60. The third kappa shape index (κ3) is 6.44. The number of hydrogen-bond donors (Lipinski definition) is 2. The van der Waals surface area contributed by atoms with E-state index in [1.807, 2.05) is 7.05 Å². The van der Waals surface area contributed by atoms with Gasteiger partial charge >= 0.3 is 0 Å². The third-order valence-corrected chi connectivity index (χ3v) is 6.58. The van der Waals surface area contributed by atoms with Crippen LogP contribution < -0.4 is 10.6 Å². The van der Waals surface area contributed by atoms with Gasteiger partial charge in [-0.05, 0) is 45.7 Å². The highest BCUT2D eigenvalue weighted by molar-refractivity contribution is 14.0. The molecule has 158 valence electrons. The molecule has 1 saturated heterocycles. The predicted octanol–water partition coefficient (Wildman–Crippen LogP) is 2.14. The van der Waals surface area contributed by atoms with Crippen LogP contribution in [0.2, 0.25) is 0 Å². The van der Waals surface area contributed by atoms with E-state index in [-0.39, 0.29) is 29.5 Å². The van der Waals surface area contributed by atoms with Crippen molar-refractivity contribution in [3.63, 3.8) is 0 Å². The Kier molecular flexibility index (Phi) is 9.58. The summed E-state index contributed by atoms with van der Waals surface area (Å²) in [6.45, 7) is 5.85. The zero-order valence-electron chi connectivity index (χ0n) is 17.5. The normalized spacial score (nSPS) is 25.0. The van der Waals surface area contributed by atoms with Crippen molar-refractivity contribution >= 4 is 29.9 Å². The quantitative estimate of drug-likeness (QED) is 0.324. The Morgan fingerprint density at radius 3 is 2.37 bits per heavy atom. The lowest BCUT2D eigenvalue weighted by molar-refractivity contribution is -0.0352. The second-order valence-corrected chi connectivity index (χ2v) is 8.56. The average Bonchev–Trinajstić information content (AvgIpc) is 3.51. The number of nitrogens with zero attached hydrogens (tertiary/aromatic N) is 3. The van der Waals surface area contributed by atoms with E-state index in [4.69, 9.17) is 4.74 Å². The summed E-state index contributed by atoms with van der Waals surface area (Å²) in [5.74, 6) is 1.81. The molecule has 2 N–H and O–H groups in total. The summed E-state index contributed by atoms with van der Waals surface area (Å²) in [6.07, 6.45) is 9.39. The number of morpholine rings is 1. The minimum Gasteiger partial charge on any atom is -0.379 e. The van der Waals surface area contributed by atoms with Crippen molar-refractivity contribution in [1.82, 2.24) is 20.4 Å². The Hall–Kier alpha value is -0.120. The van der Waals surface area contributed by atoms with Gasteiger partial charge in [-0.2, -0.15) is 0 Å². The van der Waals surface area contributed by atoms with Crippen LogP contribution in [0.1, 0.15) is 44.9 Å². The standard InChI is InChI=1S/C20H39N5O.HI/c1-21-19(22-15-18(24(2)3)17-7-8-17)23-16-20(9-5-4-6-10-20)25-11-13-26-14-12-25;/h17-18H,4-16H2,1-3H3,(H2,21,22,23);1H. The van der Waals surface area contributed by atoms with Crippen molar-refractivity contribution < 1.29 is 4.74 Å². The van der Waals surface area contributed by atoms with Crippen LogP contribution in [0.25, 0.3) is 0 Å². The molecule has 0 amide bonds. The van der Waals surface area contributed by atoms with Crippen LogP contribution in [0, 0.1) is 5.92 Å². The maximum Gasteiger partial charge on any atom is 0.191 e. The smallest absolute Gasteiger partial charge is 0.191 e. The molecule has 3 aliphatic rings. The van der Waals surface area contributed by atoms with Crippen LogP contribution in [0.5, 0.6) is 0 Å². The molecule has 3 fully saturated rings. The molecular weight excluding hydrogens is 453 g/mol. The molecule has 0 radical (unpaired) electrons. The largest absolute Gasteiger partial charge is 0.379 e. The molecule has 1 unspecified atom stereocenters. The van der Waals surface area contributed by atoms with Crippen molar-refractivity contribution in [1.29, 1.82) is 0 Å². The molecule has 2 aliphatic carbocycles. The number of hydrogen-bond acceptors (Lipinski definition) is 4. The molecule has 0 aromatic carbocycles. The fourth-order valence-electron chi connectivity index (χ4n) is 4.77. The Bertz CT molecular complexity index is 455. The van der Waals surface area contributed by atoms with Crippen molar-refractivity contribution in [2.45, 2.75) is 56.5 Å². The van der Waals surface area contributed by atoms with E-state index >= 15 is 0 Å². The number of rotatable bonds is 7. The average molecular weight is 493 g/mol. The van der Waals surface area contributed by atoms with Crippen molar-refractivity contribution in [2.24, 2.45) is 10.9 Å². The molecule has 2 saturated carbocycles. The summed E-state index contributed by atoms with van der Waals surface area (Å²) in [5.41, 5.74) is 0.275. The SMILES string of the molecule is CN=C(NCC(C1CC1)N(C)C)NCC1(N2CCOCC2)CCCCC1.I. The summed E-state index contributed by atoms with van der Waals surface area (Å²) in [6, 6.07) is 0.608. The lowest BCUT2D eigenvalue weighted by Gasteiger charge is -2.48. The molecule has 1 heterocycles. The van der Waals surface area contributed by atoms with Gasteiger partial charge in [-0.1, -0.05) is 19.3 Å². The van der Waals surface area contributed by atoms with E-state index in [1.54, 1.807) is 0 Å². The van der Waals surface area contributed by atoms with Crippen LogP contribution in [0.15, 0.2) is 4.99 Å². The predicted molar refractivity (Wildman–Crippen MR) is 123 cm³/mol. The number of halogens is 1. The van der Waals surface area contributed by atoms with E-state index < -0.39 is 0 Å². The zero-order valence-corrected chi connectivity index (χ0v) is 19.8. The van der Waals surface area contributed by atoms with Crippen molar-refractivity contribution in [2.75, 3.05) is 60.5 Å². The van der Waals surface area contributed by atoms with Gasteiger partial charge in [0, 0.05) is 44.8 Å². The molecular formula is C20H40IN5O. The highest BCUT2D eigenvalue weighted by atomic mass is 127. The van der Waals surface area contributed by atoms with Gasteiger partial charge in [0.25, 0.3) is 0 Å². The summed E-state index contributed by atoms with van der Waals surface area (Å²) in [7, 11) is 6.27. The second-order valence-electron chi connectivity index (χ2n) is 8.56. The second kappa shape index (κ2) is 11.2. The number of guanidine groups is 1. The highest BCUT2D eigenvalue weighted by Gasteiger charge is 2.39. The molecule has 0 aromatic rings. The number of ether oxygens (including phenoxy) is 1. The summed E-state index contributed by atoms with van der Waals surface area (Å²) in [4.78, 5) is 9.53. The molecule has 0 spiro atoms. The minimum atomic E-state index is 0. The molecule has 7 heteroatoms. The van der Waals surface area contributed by atoms with Gasteiger partial charge < -0.3 is 20.3 Å². The van der Waals surface area contributed by atoms with E-state index in [9.17, 15) is 0 Å². The van der Waals surface area contributed by atoms with Crippen LogP contribution in [0.3, 0.4) is 0 Å². The first-order valence-corrected chi connectivity index (χ1v) is 10.6. The molecule has 0 aromatic heterocycles. The van der Waals surface area contributed by atoms with Crippen LogP contribution in [-0.2, 0) is 4.74 Å². The van der Waals surface area contributed by atoms with E-state index in [1.165, 1.54) is 44.9 Å². The fraction of sp³-hybridized carbons (Fsp3) is 0.950. The van der Waals surface area contributed by atoms with Crippen LogP contribution >= 0.6 is 24.0 Å². The van der Waals surface area contributed by atoms with Crippen molar-refractivity contribution in [3.05, 3.63) is 0 Å².